The van der Waals surface area contributed by atoms with E-state index in [4.69, 9.17) is 18.9 Å². The maximum atomic E-state index is 13.0. The number of aliphatic carboxylic acids is 1. The fourth-order valence-corrected chi connectivity index (χ4v) is 12.6. The molecule has 2 atom stereocenters. The molecular formula is C88H161NO8. The number of nitrogens with zero attached hydrogens (tertiary/aromatic N) is 1. The van der Waals surface area contributed by atoms with Crippen molar-refractivity contribution < 1.29 is 42.9 Å². The highest BCUT2D eigenvalue weighted by molar-refractivity contribution is 5.70. The Morgan fingerprint density at radius 1 is 0.320 bits per heavy atom. The van der Waals surface area contributed by atoms with E-state index in [0.717, 1.165) is 64.2 Å². The van der Waals surface area contributed by atoms with E-state index in [-0.39, 0.29) is 32.2 Å². The number of carboxylic acids is 1. The van der Waals surface area contributed by atoms with Crippen molar-refractivity contribution in [1.82, 2.24) is 0 Å². The molecule has 97 heavy (non-hydrogen) atoms. The molecule has 0 radical (unpaired) electrons. The molecule has 0 aromatic carbocycles. The van der Waals surface area contributed by atoms with Crippen molar-refractivity contribution in [3.8, 4) is 0 Å². The average Bonchev–Trinajstić information content (AvgIpc) is 2.59. The molecule has 2 unspecified atom stereocenters. The third-order valence-corrected chi connectivity index (χ3v) is 18.9. The smallest absolute Gasteiger partial charge is 0.306 e. The number of carbonyl (C=O) groups excluding carboxylic acids is 3. The maximum absolute atomic E-state index is 13.0. The Kier molecular flexibility index (Phi) is 75.8. The monoisotopic (exact) mass is 1360 g/mol. The van der Waals surface area contributed by atoms with Gasteiger partial charge in [0.05, 0.1) is 40.3 Å². The maximum Gasteiger partial charge on any atom is 0.306 e. The number of hydrogen-bond donors (Lipinski definition) is 0. The number of likely N-dealkylation sites (N-methyl/N-ethyl adjacent to an activating group) is 1. The molecule has 0 aliphatic carbocycles. The number of rotatable bonds is 79. The number of carbonyl (C=O) groups is 3. The third-order valence-electron chi connectivity index (χ3n) is 18.9. The van der Waals surface area contributed by atoms with E-state index in [2.05, 4.69) is 86.8 Å². The van der Waals surface area contributed by atoms with Gasteiger partial charge in [0.1, 0.15) is 13.2 Å². The van der Waals surface area contributed by atoms with Crippen molar-refractivity contribution in [3.05, 3.63) is 72.9 Å². The quantitative estimate of drug-likeness (QED) is 0.0195. The van der Waals surface area contributed by atoms with Crippen LogP contribution in [0.2, 0.25) is 0 Å². The molecule has 0 rings (SSSR count). The van der Waals surface area contributed by atoms with Gasteiger partial charge in [0.15, 0.2) is 12.4 Å². The van der Waals surface area contributed by atoms with Crippen LogP contribution in [0, 0.1) is 0 Å². The summed E-state index contributed by atoms with van der Waals surface area (Å²) in [6, 6.07) is 0. The van der Waals surface area contributed by atoms with Crippen molar-refractivity contribution in [1.29, 1.82) is 0 Å². The minimum absolute atomic E-state index is 0.150. The van der Waals surface area contributed by atoms with Crippen LogP contribution in [0.25, 0.3) is 0 Å². The van der Waals surface area contributed by atoms with Gasteiger partial charge in [-0.15, -0.1) is 0 Å². The lowest BCUT2D eigenvalue weighted by Gasteiger charge is -2.26. The zero-order valence-electron chi connectivity index (χ0n) is 65.0. The van der Waals surface area contributed by atoms with Gasteiger partial charge in [0, 0.05) is 12.8 Å². The van der Waals surface area contributed by atoms with Crippen LogP contribution < -0.4 is 5.11 Å². The van der Waals surface area contributed by atoms with Crippen LogP contribution in [-0.4, -0.2) is 82.3 Å². The van der Waals surface area contributed by atoms with Gasteiger partial charge in [-0.2, -0.15) is 0 Å². The molecule has 0 N–H and O–H groups in total. The molecule has 9 heteroatoms. The van der Waals surface area contributed by atoms with Gasteiger partial charge in [0.25, 0.3) is 0 Å². The van der Waals surface area contributed by atoms with Crippen molar-refractivity contribution in [2.45, 2.75) is 424 Å². The number of esters is 2. The highest BCUT2D eigenvalue weighted by atomic mass is 16.7. The van der Waals surface area contributed by atoms with Crippen LogP contribution in [0.5, 0.6) is 0 Å². The van der Waals surface area contributed by atoms with Crippen LogP contribution in [0.4, 0.5) is 0 Å². The van der Waals surface area contributed by atoms with Crippen LogP contribution in [0.1, 0.15) is 412 Å². The van der Waals surface area contributed by atoms with Gasteiger partial charge in [-0.25, -0.2) is 0 Å². The predicted octanol–water partition coefficient (Wildman–Crippen LogP) is 25.8. The fourth-order valence-electron chi connectivity index (χ4n) is 12.6. The van der Waals surface area contributed by atoms with Crippen LogP contribution in [0.15, 0.2) is 72.9 Å². The van der Waals surface area contributed by atoms with Crippen LogP contribution >= 0.6 is 0 Å². The topological polar surface area (TPSA) is 111 Å². The van der Waals surface area contributed by atoms with Gasteiger partial charge < -0.3 is 33.3 Å². The lowest BCUT2D eigenvalue weighted by molar-refractivity contribution is -0.870. The molecule has 9 nitrogen and oxygen atoms in total. The summed E-state index contributed by atoms with van der Waals surface area (Å²) in [6.45, 7) is 4.69. The second-order valence-corrected chi connectivity index (χ2v) is 29.7. The Labute approximate surface area is 602 Å². The van der Waals surface area contributed by atoms with E-state index in [0.29, 0.717) is 23.9 Å². The van der Waals surface area contributed by atoms with E-state index in [9.17, 15) is 19.5 Å². The molecule has 0 heterocycles. The summed E-state index contributed by atoms with van der Waals surface area (Å²) < 4.78 is 22.9. The lowest BCUT2D eigenvalue weighted by Crippen LogP contribution is -2.44. The molecule has 0 fully saturated rings. The normalized spacial score (nSPS) is 13.0. The number of ether oxygens (including phenoxy) is 4. The second-order valence-electron chi connectivity index (χ2n) is 29.7. The summed E-state index contributed by atoms with van der Waals surface area (Å²) >= 11 is 0. The Hall–Kier alpha value is -3.27. The summed E-state index contributed by atoms with van der Waals surface area (Å²) in [6.07, 6.45) is 103. The molecule has 0 aromatic rings. The van der Waals surface area contributed by atoms with Crippen LogP contribution in [-0.2, 0) is 33.3 Å². The fraction of sp³-hybridized carbons (Fsp3) is 0.830. The number of allylic oxidation sites excluding steroid dienone is 12. The molecule has 0 aliphatic rings. The van der Waals surface area contributed by atoms with E-state index in [1.54, 1.807) is 0 Å². The van der Waals surface area contributed by atoms with E-state index < -0.39 is 24.3 Å². The van der Waals surface area contributed by atoms with Crippen LogP contribution in [0.3, 0.4) is 0 Å². The Morgan fingerprint density at radius 2 is 0.588 bits per heavy atom. The largest absolute Gasteiger partial charge is 0.545 e. The first-order chi connectivity index (χ1) is 47.6. The highest BCUT2D eigenvalue weighted by Crippen LogP contribution is 2.20. The minimum atomic E-state index is -1.62. The molecule has 0 amide bonds. The SMILES string of the molecule is CC/C=C\C/C=C\C/C=C\C/C=C\CCCCCCCCCCCCCCCCCCCCCCC(=O)OC(COC(=O)CCCCCCCCCCCCCCCCCCCCCCCCCCCCC/C=C\C/C=C\CCCCCCC)COC(OCC[N+](C)(C)C)C(=O)[O-]. The second kappa shape index (κ2) is 78.4. The summed E-state index contributed by atoms with van der Waals surface area (Å²) in [5.74, 6) is -2.25. The first-order valence-electron chi connectivity index (χ1n) is 42.1. The number of carboxylic acid groups (broad SMARTS) is 1. The van der Waals surface area contributed by atoms with Gasteiger partial charge >= 0.3 is 11.9 Å². The molecular weight excluding hydrogens is 1200 g/mol. The van der Waals surface area contributed by atoms with Gasteiger partial charge in [-0.1, -0.05) is 389 Å². The number of hydrogen-bond acceptors (Lipinski definition) is 8. The van der Waals surface area contributed by atoms with E-state index in [1.165, 1.54) is 315 Å². The van der Waals surface area contributed by atoms with E-state index >= 15 is 0 Å². The van der Waals surface area contributed by atoms with Gasteiger partial charge in [0.2, 0.25) is 0 Å². The first-order valence-corrected chi connectivity index (χ1v) is 42.1. The zero-order chi connectivity index (χ0) is 70.4. The number of unbranched alkanes of at least 4 members (excludes halogenated alkanes) is 52. The molecule has 0 saturated heterocycles. The summed E-state index contributed by atoms with van der Waals surface area (Å²) in [5, 5.41) is 11.9. The molecule has 0 spiro atoms. The number of quaternary nitrogens is 1. The molecule has 0 aromatic heterocycles. The Bertz CT molecular complexity index is 1830. The van der Waals surface area contributed by atoms with Gasteiger partial charge in [-0.3, -0.25) is 9.59 Å². The summed E-state index contributed by atoms with van der Waals surface area (Å²) in [4.78, 5) is 37.6. The van der Waals surface area contributed by atoms with Crippen molar-refractivity contribution in [3.63, 3.8) is 0 Å². The molecule has 0 aliphatic heterocycles. The van der Waals surface area contributed by atoms with E-state index in [1.807, 2.05) is 21.1 Å². The molecule has 0 saturated carbocycles. The zero-order valence-corrected chi connectivity index (χ0v) is 65.0. The minimum Gasteiger partial charge on any atom is -0.545 e. The van der Waals surface area contributed by atoms with Crippen molar-refractivity contribution >= 4 is 17.9 Å². The Balaban J connectivity index is 3.93. The first kappa shape index (κ1) is 93.7. The average molecular weight is 1360 g/mol. The summed E-state index contributed by atoms with van der Waals surface area (Å²) in [7, 11) is 5.95. The van der Waals surface area contributed by atoms with Gasteiger partial charge in [-0.05, 0) is 83.5 Å². The lowest BCUT2D eigenvalue weighted by atomic mass is 10.0. The highest BCUT2D eigenvalue weighted by Gasteiger charge is 2.22. The molecule has 0 bridgehead atoms. The third kappa shape index (κ3) is 79.9. The Morgan fingerprint density at radius 3 is 0.876 bits per heavy atom. The standard InChI is InChI=1S/C88H161NO8/c1-6-8-10-12-14-16-18-20-22-24-26-28-30-32-34-36-38-40-41-42-43-44-45-47-48-50-52-54-56-58-60-62-64-66-68-70-72-74-76-78-85(90)95-82-84(83-96-88(87(92)93)94-81-80-89(3,4)5)97-86(91)79-77-75-73-71-69-67-65-63-61-59-57-55-53-51-49-46-39-37-35-33-31-29-27-25-23-21-19-17-15-13-11-9-7-2/h9,11,15,17-18,20-21,23-24,26-27,29,84,88H,6-8,10,12-14,16,19,22,25,28,30-83H2,1-5H3/b11-9-,17-15-,20-18-,23-21-,26-24-,29-27-. The predicted molar refractivity (Wildman–Crippen MR) is 417 cm³/mol. The van der Waals surface area contributed by atoms with Crippen molar-refractivity contribution in [2.75, 3.05) is 47.5 Å². The molecule has 566 valence electrons. The summed E-state index contributed by atoms with van der Waals surface area (Å²) in [5.41, 5.74) is 0. The van der Waals surface area contributed by atoms with Crippen molar-refractivity contribution in [2.24, 2.45) is 0 Å².